The van der Waals surface area contributed by atoms with E-state index in [9.17, 15) is 18.8 Å². The Morgan fingerprint density at radius 3 is 2.26 bits per heavy atom. The van der Waals surface area contributed by atoms with Gasteiger partial charge in [0.25, 0.3) is 0 Å². The molecule has 0 saturated heterocycles. The Balaban J connectivity index is 1.83. The number of hydrogen-bond donors (Lipinski definition) is 1. The molecule has 0 spiro atoms. The van der Waals surface area contributed by atoms with Gasteiger partial charge in [-0.1, -0.05) is 36.4 Å². The van der Waals surface area contributed by atoms with E-state index < -0.39 is 47.1 Å². The van der Waals surface area contributed by atoms with E-state index in [-0.39, 0.29) is 34.6 Å². The maximum absolute atomic E-state index is 15.4. The number of carbonyl (C=O) groups is 3. The SMILES string of the molecule is COC(=O)C1=C(N)N(c2cccc(F)c2)C2=C(C(=O)C(C(=O)OC)C(c3ccc(OC)cc3)C2)C1c1ccccc1F. The van der Waals surface area contributed by atoms with Gasteiger partial charge >= 0.3 is 11.9 Å². The molecule has 0 bridgehead atoms. The van der Waals surface area contributed by atoms with Crippen LogP contribution in [-0.4, -0.2) is 39.1 Å². The third-order valence-corrected chi connectivity index (χ3v) is 7.73. The number of methoxy groups -OCH3 is 3. The molecule has 0 amide bonds. The molecule has 3 atom stereocenters. The number of hydrogen-bond acceptors (Lipinski definition) is 8. The number of carbonyl (C=O) groups excluding carboxylic acids is 3. The average molecular weight is 575 g/mol. The zero-order valence-corrected chi connectivity index (χ0v) is 23.1. The van der Waals surface area contributed by atoms with Crippen molar-refractivity contribution < 1.29 is 37.4 Å². The first kappa shape index (κ1) is 28.5. The van der Waals surface area contributed by atoms with Gasteiger partial charge in [-0.25, -0.2) is 13.6 Å². The third kappa shape index (κ3) is 4.78. The molecule has 0 fully saturated rings. The highest BCUT2D eigenvalue weighted by molar-refractivity contribution is 6.14. The summed E-state index contributed by atoms with van der Waals surface area (Å²) in [6, 6.07) is 18.0. The number of esters is 2. The minimum Gasteiger partial charge on any atom is -0.497 e. The molecule has 10 heteroatoms. The molecule has 0 radical (unpaired) electrons. The van der Waals surface area contributed by atoms with Crippen molar-refractivity contribution in [2.75, 3.05) is 26.2 Å². The van der Waals surface area contributed by atoms with Crippen LogP contribution in [0.25, 0.3) is 0 Å². The van der Waals surface area contributed by atoms with Crippen molar-refractivity contribution in [3.63, 3.8) is 0 Å². The fraction of sp³-hybridized carbons (Fsp3) is 0.219. The Hall–Kier alpha value is -4.99. The molecule has 1 heterocycles. The van der Waals surface area contributed by atoms with Gasteiger partial charge in [0.15, 0.2) is 5.78 Å². The fourth-order valence-electron chi connectivity index (χ4n) is 5.83. The lowest BCUT2D eigenvalue weighted by molar-refractivity contribution is -0.150. The molecule has 3 aromatic carbocycles. The van der Waals surface area contributed by atoms with Crippen molar-refractivity contribution >= 4 is 23.4 Å². The third-order valence-electron chi connectivity index (χ3n) is 7.73. The lowest BCUT2D eigenvalue weighted by Crippen LogP contribution is -2.46. The predicted octanol–water partition coefficient (Wildman–Crippen LogP) is 4.72. The number of benzene rings is 3. The number of anilines is 1. The highest BCUT2D eigenvalue weighted by Crippen LogP contribution is 2.52. The molecule has 2 aliphatic rings. The van der Waals surface area contributed by atoms with Gasteiger partial charge in [0.2, 0.25) is 0 Å². The predicted molar refractivity (Wildman–Crippen MR) is 149 cm³/mol. The van der Waals surface area contributed by atoms with E-state index in [1.165, 1.54) is 55.5 Å². The molecular formula is C32H28F2N2O6. The Morgan fingerprint density at radius 1 is 0.929 bits per heavy atom. The summed E-state index contributed by atoms with van der Waals surface area (Å²) in [5, 5.41) is 0. The molecule has 0 aromatic heterocycles. The van der Waals surface area contributed by atoms with Crippen LogP contribution in [0.15, 0.2) is 95.5 Å². The first-order valence-corrected chi connectivity index (χ1v) is 13.1. The van der Waals surface area contributed by atoms with E-state index in [1.54, 1.807) is 36.4 Å². The van der Waals surface area contributed by atoms with Gasteiger partial charge in [0.1, 0.15) is 29.1 Å². The Kier molecular flexibility index (Phi) is 7.80. The lowest BCUT2D eigenvalue weighted by atomic mass is 9.67. The van der Waals surface area contributed by atoms with Gasteiger partial charge in [0.05, 0.1) is 38.5 Å². The minimum absolute atomic E-state index is 0.00731. The van der Waals surface area contributed by atoms with Crippen molar-refractivity contribution in [2.45, 2.75) is 18.3 Å². The summed E-state index contributed by atoms with van der Waals surface area (Å²) in [7, 11) is 3.83. The average Bonchev–Trinajstić information content (AvgIpc) is 3.00. The van der Waals surface area contributed by atoms with E-state index in [0.29, 0.717) is 17.0 Å². The number of rotatable bonds is 6. The molecule has 1 aliphatic heterocycles. The first-order valence-electron chi connectivity index (χ1n) is 13.1. The standard InChI is InChI=1S/C32H28F2N2O6/c1-40-20-13-11-17(12-14-20)22-16-24-27(29(37)26(22)31(38)41-2)25(21-9-4-5-10-23(21)34)28(32(39)42-3)30(35)36(24)19-8-6-7-18(33)15-19/h4-15,22,25-26H,16,35H2,1-3H3. The fourth-order valence-corrected chi connectivity index (χ4v) is 5.83. The lowest BCUT2D eigenvalue weighted by Gasteiger charge is -2.44. The highest BCUT2D eigenvalue weighted by atomic mass is 19.1. The summed E-state index contributed by atoms with van der Waals surface area (Å²) < 4.78 is 45.3. The Labute approximate surface area is 241 Å². The van der Waals surface area contributed by atoms with Crippen LogP contribution in [0.3, 0.4) is 0 Å². The monoisotopic (exact) mass is 574 g/mol. The second-order valence-corrected chi connectivity index (χ2v) is 9.87. The van der Waals surface area contributed by atoms with Crippen LogP contribution in [-0.2, 0) is 23.9 Å². The van der Waals surface area contributed by atoms with Gasteiger partial charge in [-0.15, -0.1) is 0 Å². The maximum Gasteiger partial charge on any atom is 0.338 e. The number of allylic oxidation sites excluding steroid dienone is 2. The van der Waals surface area contributed by atoms with Crippen molar-refractivity contribution in [1.29, 1.82) is 0 Å². The first-order chi connectivity index (χ1) is 20.2. The van der Waals surface area contributed by atoms with Crippen molar-refractivity contribution in [1.82, 2.24) is 0 Å². The Morgan fingerprint density at radius 2 is 1.64 bits per heavy atom. The number of Topliss-reactive ketones (excluding diaryl/α,β-unsaturated/α-hetero) is 1. The largest absolute Gasteiger partial charge is 0.497 e. The summed E-state index contributed by atoms with van der Waals surface area (Å²) in [4.78, 5) is 42.5. The van der Waals surface area contributed by atoms with E-state index in [0.717, 1.165) is 7.11 Å². The number of ketones is 1. The van der Waals surface area contributed by atoms with Crippen molar-refractivity contribution in [3.8, 4) is 5.75 Å². The minimum atomic E-state index is -1.33. The van der Waals surface area contributed by atoms with Crippen LogP contribution in [0.5, 0.6) is 5.75 Å². The molecule has 3 aromatic rings. The Bertz CT molecular complexity index is 1630. The number of ether oxygens (including phenoxy) is 3. The molecule has 5 rings (SSSR count). The van der Waals surface area contributed by atoms with E-state index in [4.69, 9.17) is 19.9 Å². The summed E-state index contributed by atoms with van der Waals surface area (Å²) in [5.74, 6) is -6.61. The van der Waals surface area contributed by atoms with Crippen LogP contribution in [0.2, 0.25) is 0 Å². The maximum atomic E-state index is 15.4. The van der Waals surface area contributed by atoms with Gasteiger partial charge < -0.3 is 19.9 Å². The second-order valence-electron chi connectivity index (χ2n) is 9.87. The van der Waals surface area contributed by atoms with E-state index in [2.05, 4.69) is 0 Å². The molecule has 8 nitrogen and oxygen atoms in total. The molecule has 0 saturated carbocycles. The van der Waals surface area contributed by atoms with Crippen LogP contribution in [0.1, 0.15) is 29.4 Å². The topological polar surface area (TPSA) is 108 Å². The molecular weight excluding hydrogens is 546 g/mol. The highest BCUT2D eigenvalue weighted by Gasteiger charge is 2.51. The normalized spacial score (nSPS) is 20.3. The van der Waals surface area contributed by atoms with Crippen molar-refractivity contribution in [3.05, 3.63) is 118 Å². The second kappa shape index (κ2) is 11.5. The smallest absolute Gasteiger partial charge is 0.338 e. The summed E-state index contributed by atoms with van der Waals surface area (Å²) in [5.41, 5.74) is 7.57. The van der Waals surface area contributed by atoms with Crippen LogP contribution in [0.4, 0.5) is 14.5 Å². The number of halogens is 2. The van der Waals surface area contributed by atoms with Crippen LogP contribution < -0.4 is 15.4 Å². The summed E-state index contributed by atoms with van der Waals surface area (Å²) in [6.45, 7) is 0. The van der Waals surface area contributed by atoms with E-state index >= 15 is 4.39 Å². The summed E-state index contributed by atoms with van der Waals surface area (Å²) >= 11 is 0. The van der Waals surface area contributed by atoms with Gasteiger partial charge in [-0.3, -0.25) is 14.5 Å². The summed E-state index contributed by atoms with van der Waals surface area (Å²) in [6.07, 6.45) is 0.0454. The van der Waals surface area contributed by atoms with Crippen LogP contribution in [0, 0.1) is 17.6 Å². The molecule has 216 valence electrons. The molecule has 1 aliphatic carbocycles. The van der Waals surface area contributed by atoms with Gasteiger partial charge in [-0.2, -0.15) is 0 Å². The van der Waals surface area contributed by atoms with Crippen molar-refractivity contribution in [2.24, 2.45) is 11.7 Å². The molecule has 3 unspecified atom stereocenters. The van der Waals surface area contributed by atoms with Gasteiger partial charge in [-0.05, 0) is 48.4 Å². The van der Waals surface area contributed by atoms with Gasteiger partial charge in [0, 0.05) is 22.8 Å². The zero-order valence-electron chi connectivity index (χ0n) is 23.1. The van der Waals surface area contributed by atoms with E-state index in [1.807, 2.05) is 0 Å². The number of nitrogens with zero attached hydrogens (tertiary/aromatic N) is 1. The van der Waals surface area contributed by atoms with Crippen LogP contribution >= 0.6 is 0 Å². The molecule has 42 heavy (non-hydrogen) atoms. The molecule has 2 N–H and O–H groups in total. The quantitative estimate of drug-likeness (QED) is 0.333. The number of nitrogens with two attached hydrogens (primary N) is 1. The zero-order chi connectivity index (χ0) is 30.1.